The van der Waals surface area contributed by atoms with E-state index in [1.54, 1.807) is 7.11 Å². The fourth-order valence-electron chi connectivity index (χ4n) is 2.16. The summed E-state index contributed by atoms with van der Waals surface area (Å²) in [5.74, 6) is 0.624. The molecule has 4 heteroatoms. The predicted molar refractivity (Wildman–Crippen MR) is 58.3 cm³/mol. The lowest BCUT2D eigenvalue weighted by atomic mass is 9.98. The maximum absolute atomic E-state index is 10.9. The Balaban J connectivity index is 2.56. The van der Waals surface area contributed by atoms with Crippen molar-refractivity contribution in [2.75, 3.05) is 13.7 Å². The molecule has 86 valence electrons. The summed E-state index contributed by atoms with van der Waals surface area (Å²) in [7, 11) is 1.57. The number of hydrogen-bond acceptors (Lipinski definition) is 3. The summed E-state index contributed by atoms with van der Waals surface area (Å²) in [4.78, 5) is 10.9. The Morgan fingerprint density at radius 2 is 2.38 bits per heavy atom. The monoisotopic (exact) mass is 222 g/mol. The standard InChI is InChI=1S/C12H14O4/c1-7-5-10-8(3-4-16-10)9(6-11(13)14)12(7)15-2/h5H,3-4,6H2,1-2H3,(H,13,14). The minimum absolute atomic E-state index is 0.0173. The highest BCUT2D eigenvalue weighted by Gasteiger charge is 2.23. The minimum Gasteiger partial charge on any atom is -0.496 e. The number of ether oxygens (including phenoxy) is 2. The van der Waals surface area contributed by atoms with Crippen LogP contribution in [0, 0.1) is 6.92 Å². The maximum Gasteiger partial charge on any atom is 0.307 e. The molecule has 0 bridgehead atoms. The van der Waals surface area contributed by atoms with Gasteiger partial charge in [0, 0.05) is 17.5 Å². The lowest BCUT2D eigenvalue weighted by Crippen LogP contribution is -2.06. The maximum atomic E-state index is 10.9. The van der Waals surface area contributed by atoms with Gasteiger partial charge >= 0.3 is 5.97 Å². The van der Waals surface area contributed by atoms with E-state index in [0.29, 0.717) is 12.4 Å². The van der Waals surface area contributed by atoms with Crippen LogP contribution in [0.25, 0.3) is 0 Å². The van der Waals surface area contributed by atoms with Crippen molar-refractivity contribution in [2.45, 2.75) is 19.8 Å². The number of benzene rings is 1. The highest BCUT2D eigenvalue weighted by atomic mass is 16.5. The molecule has 0 saturated heterocycles. The van der Waals surface area contributed by atoms with E-state index in [1.165, 1.54) is 0 Å². The Morgan fingerprint density at radius 1 is 1.62 bits per heavy atom. The van der Waals surface area contributed by atoms with Crippen molar-refractivity contribution in [3.05, 3.63) is 22.8 Å². The van der Waals surface area contributed by atoms with Crippen LogP contribution >= 0.6 is 0 Å². The van der Waals surface area contributed by atoms with Gasteiger partial charge in [0.2, 0.25) is 0 Å². The SMILES string of the molecule is COc1c(C)cc2c(c1CC(=O)O)CCO2. The fourth-order valence-corrected chi connectivity index (χ4v) is 2.16. The quantitative estimate of drug-likeness (QED) is 0.843. The van der Waals surface area contributed by atoms with Crippen molar-refractivity contribution in [3.8, 4) is 11.5 Å². The van der Waals surface area contributed by atoms with E-state index in [2.05, 4.69) is 0 Å². The number of fused-ring (bicyclic) bond motifs is 1. The molecule has 0 amide bonds. The summed E-state index contributed by atoms with van der Waals surface area (Å²) < 4.78 is 10.7. The number of aliphatic carboxylic acids is 1. The van der Waals surface area contributed by atoms with Crippen LogP contribution in [0.2, 0.25) is 0 Å². The number of carboxylic acid groups (broad SMARTS) is 1. The zero-order chi connectivity index (χ0) is 11.7. The summed E-state index contributed by atoms with van der Waals surface area (Å²) in [5, 5.41) is 8.91. The van der Waals surface area contributed by atoms with Crippen molar-refractivity contribution in [1.29, 1.82) is 0 Å². The predicted octanol–water partition coefficient (Wildman–Crippen LogP) is 1.57. The number of methoxy groups -OCH3 is 1. The van der Waals surface area contributed by atoms with Crippen molar-refractivity contribution in [2.24, 2.45) is 0 Å². The molecule has 0 aliphatic carbocycles. The Hall–Kier alpha value is -1.71. The lowest BCUT2D eigenvalue weighted by molar-refractivity contribution is -0.136. The topological polar surface area (TPSA) is 55.8 Å². The lowest BCUT2D eigenvalue weighted by Gasteiger charge is -2.13. The highest BCUT2D eigenvalue weighted by Crippen LogP contribution is 2.37. The molecule has 1 heterocycles. The van der Waals surface area contributed by atoms with Gasteiger partial charge in [-0.05, 0) is 18.6 Å². The third-order valence-corrected chi connectivity index (χ3v) is 2.78. The Morgan fingerprint density at radius 3 is 3.00 bits per heavy atom. The molecule has 1 N–H and O–H groups in total. The summed E-state index contributed by atoms with van der Waals surface area (Å²) in [5.41, 5.74) is 2.65. The van der Waals surface area contributed by atoms with Gasteiger partial charge in [-0.1, -0.05) is 0 Å². The summed E-state index contributed by atoms with van der Waals surface area (Å²) in [6, 6.07) is 1.91. The van der Waals surface area contributed by atoms with Crippen LogP contribution in [0.1, 0.15) is 16.7 Å². The molecule has 0 spiro atoms. The normalized spacial score (nSPS) is 13.1. The number of rotatable bonds is 3. The molecular weight excluding hydrogens is 208 g/mol. The van der Waals surface area contributed by atoms with Gasteiger partial charge < -0.3 is 14.6 Å². The second-order valence-electron chi connectivity index (χ2n) is 3.85. The average Bonchev–Trinajstić information content (AvgIpc) is 2.64. The molecule has 1 aliphatic rings. The van der Waals surface area contributed by atoms with Crippen LogP contribution in [-0.2, 0) is 17.6 Å². The molecule has 0 unspecified atom stereocenters. The van der Waals surface area contributed by atoms with Crippen LogP contribution in [0.15, 0.2) is 6.07 Å². The van der Waals surface area contributed by atoms with Gasteiger partial charge in [0.15, 0.2) is 0 Å². The molecule has 4 nitrogen and oxygen atoms in total. The first kappa shape index (κ1) is 10.8. The molecule has 1 aromatic carbocycles. The van der Waals surface area contributed by atoms with Crippen molar-refractivity contribution < 1.29 is 19.4 Å². The highest BCUT2D eigenvalue weighted by molar-refractivity contribution is 5.73. The van der Waals surface area contributed by atoms with E-state index in [0.717, 1.165) is 28.9 Å². The molecule has 2 rings (SSSR count). The molecular formula is C12H14O4. The van der Waals surface area contributed by atoms with Crippen LogP contribution < -0.4 is 9.47 Å². The molecule has 0 aromatic heterocycles. The Kier molecular flexibility index (Phi) is 2.73. The zero-order valence-corrected chi connectivity index (χ0v) is 9.37. The third-order valence-electron chi connectivity index (χ3n) is 2.78. The largest absolute Gasteiger partial charge is 0.496 e. The Labute approximate surface area is 93.8 Å². The number of aryl methyl sites for hydroxylation is 1. The van der Waals surface area contributed by atoms with Crippen LogP contribution in [0.4, 0.5) is 0 Å². The summed E-state index contributed by atoms with van der Waals surface area (Å²) >= 11 is 0. The van der Waals surface area contributed by atoms with Gasteiger partial charge in [-0.3, -0.25) is 4.79 Å². The van der Waals surface area contributed by atoms with E-state index >= 15 is 0 Å². The zero-order valence-electron chi connectivity index (χ0n) is 9.37. The smallest absolute Gasteiger partial charge is 0.307 e. The molecule has 0 radical (unpaired) electrons. The van der Waals surface area contributed by atoms with Crippen LogP contribution in [-0.4, -0.2) is 24.8 Å². The van der Waals surface area contributed by atoms with E-state index in [9.17, 15) is 4.79 Å². The summed E-state index contributed by atoms with van der Waals surface area (Å²) in [6.45, 7) is 2.51. The van der Waals surface area contributed by atoms with Gasteiger partial charge in [-0.25, -0.2) is 0 Å². The first-order valence-corrected chi connectivity index (χ1v) is 5.17. The first-order valence-electron chi connectivity index (χ1n) is 5.17. The molecule has 1 aromatic rings. The minimum atomic E-state index is -0.849. The Bertz CT molecular complexity index is 433. The molecule has 0 fully saturated rings. The van der Waals surface area contributed by atoms with E-state index in [4.69, 9.17) is 14.6 Å². The van der Waals surface area contributed by atoms with Crippen molar-refractivity contribution in [3.63, 3.8) is 0 Å². The first-order chi connectivity index (χ1) is 7.63. The average molecular weight is 222 g/mol. The van der Waals surface area contributed by atoms with Crippen LogP contribution in [0.5, 0.6) is 11.5 Å². The van der Waals surface area contributed by atoms with E-state index < -0.39 is 5.97 Å². The van der Waals surface area contributed by atoms with E-state index in [1.807, 2.05) is 13.0 Å². The summed E-state index contributed by atoms with van der Waals surface area (Å²) in [6.07, 6.45) is 0.741. The van der Waals surface area contributed by atoms with E-state index in [-0.39, 0.29) is 6.42 Å². The second kappa shape index (κ2) is 4.04. The van der Waals surface area contributed by atoms with Gasteiger partial charge in [0.05, 0.1) is 20.1 Å². The molecule has 0 atom stereocenters. The molecule has 1 aliphatic heterocycles. The van der Waals surface area contributed by atoms with Crippen molar-refractivity contribution >= 4 is 5.97 Å². The van der Waals surface area contributed by atoms with Crippen molar-refractivity contribution in [1.82, 2.24) is 0 Å². The van der Waals surface area contributed by atoms with Gasteiger partial charge in [0.25, 0.3) is 0 Å². The third kappa shape index (κ3) is 1.71. The number of carboxylic acids is 1. The van der Waals surface area contributed by atoms with Crippen LogP contribution in [0.3, 0.4) is 0 Å². The number of hydrogen-bond donors (Lipinski definition) is 1. The van der Waals surface area contributed by atoms with Gasteiger partial charge in [-0.2, -0.15) is 0 Å². The molecule has 0 saturated carbocycles. The second-order valence-corrected chi connectivity index (χ2v) is 3.85. The number of carbonyl (C=O) groups is 1. The van der Waals surface area contributed by atoms with Gasteiger partial charge in [-0.15, -0.1) is 0 Å². The fraction of sp³-hybridized carbons (Fsp3) is 0.417. The van der Waals surface area contributed by atoms with Gasteiger partial charge in [0.1, 0.15) is 11.5 Å². The molecule has 16 heavy (non-hydrogen) atoms.